The Hall–Kier alpha value is -1.49. The van der Waals surface area contributed by atoms with Gasteiger partial charge in [-0.15, -0.1) is 0 Å². The van der Waals surface area contributed by atoms with Crippen molar-refractivity contribution in [2.45, 2.75) is 39.3 Å². The standard InChI is InChI=1S/C11H15NO4/c1-6(7(2)13)12-10(15)4-9(8(3)14)5-11(12)16/h4,6,8,14H,5H2,1-3H3. The molecule has 0 saturated carbocycles. The summed E-state index contributed by atoms with van der Waals surface area (Å²) in [5.41, 5.74) is 0.391. The fourth-order valence-electron chi connectivity index (χ4n) is 1.52. The molecule has 1 heterocycles. The third-order valence-electron chi connectivity index (χ3n) is 2.68. The molecule has 0 bridgehead atoms. The van der Waals surface area contributed by atoms with Crippen LogP contribution in [-0.2, 0) is 14.4 Å². The molecule has 88 valence electrons. The summed E-state index contributed by atoms with van der Waals surface area (Å²) in [7, 11) is 0. The van der Waals surface area contributed by atoms with E-state index in [0.29, 0.717) is 5.57 Å². The zero-order valence-corrected chi connectivity index (χ0v) is 9.56. The molecule has 1 N–H and O–H groups in total. The minimum atomic E-state index is -0.817. The van der Waals surface area contributed by atoms with Gasteiger partial charge in [-0.25, -0.2) is 0 Å². The van der Waals surface area contributed by atoms with Crippen molar-refractivity contribution in [2.75, 3.05) is 0 Å². The molecule has 2 atom stereocenters. The number of hydrogen-bond donors (Lipinski definition) is 1. The molecule has 1 rings (SSSR count). The number of imide groups is 1. The van der Waals surface area contributed by atoms with Gasteiger partial charge in [0.05, 0.1) is 18.6 Å². The molecule has 2 amide bonds. The van der Waals surface area contributed by atoms with Crippen LogP contribution in [0.2, 0.25) is 0 Å². The summed E-state index contributed by atoms with van der Waals surface area (Å²) in [4.78, 5) is 35.4. The summed E-state index contributed by atoms with van der Waals surface area (Å²) < 4.78 is 0. The first-order chi connectivity index (χ1) is 7.34. The number of nitrogens with zero attached hydrogens (tertiary/aromatic N) is 1. The number of hydrogen-bond acceptors (Lipinski definition) is 4. The number of amides is 2. The second-order valence-electron chi connectivity index (χ2n) is 3.96. The summed E-state index contributed by atoms with van der Waals surface area (Å²) in [5, 5.41) is 9.29. The van der Waals surface area contributed by atoms with Gasteiger partial charge in [-0.05, 0) is 26.3 Å². The highest BCUT2D eigenvalue weighted by Gasteiger charge is 2.33. The van der Waals surface area contributed by atoms with Crippen LogP contribution in [0, 0.1) is 0 Å². The van der Waals surface area contributed by atoms with Crippen LogP contribution in [0.5, 0.6) is 0 Å². The normalized spacial score (nSPS) is 20.5. The average Bonchev–Trinajstić information content (AvgIpc) is 2.15. The second kappa shape index (κ2) is 4.57. The van der Waals surface area contributed by atoms with Gasteiger partial charge < -0.3 is 5.11 Å². The lowest BCUT2D eigenvalue weighted by atomic mass is 10.0. The molecule has 5 heteroatoms. The maximum absolute atomic E-state index is 11.7. The Morgan fingerprint density at radius 3 is 2.38 bits per heavy atom. The lowest BCUT2D eigenvalue weighted by molar-refractivity contribution is -0.148. The second-order valence-corrected chi connectivity index (χ2v) is 3.96. The predicted molar refractivity (Wildman–Crippen MR) is 56.4 cm³/mol. The van der Waals surface area contributed by atoms with Crippen molar-refractivity contribution >= 4 is 17.6 Å². The van der Waals surface area contributed by atoms with E-state index in [1.807, 2.05) is 0 Å². The van der Waals surface area contributed by atoms with E-state index >= 15 is 0 Å². The van der Waals surface area contributed by atoms with Crippen LogP contribution < -0.4 is 0 Å². The van der Waals surface area contributed by atoms with Gasteiger partial charge in [-0.2, -0.15) is 0 Å². The summed E-state index contributed by atoms with van der Waals surface area (Å²) >= 11 is 0. The molecule has 0 aromatic rings. The summed E-state index contributed by atoms with van der Waals surface area (Å²) in [6, 6.07) is -0.744. The average molecular weight is 225 g/mol. The Morgan fingerprint density at radius 1 is 1.44 bits per heavy atom. The Labute approximate surface area is 93.7 Å². The zero-order chi connectivity index (χ0) is 12.5. The zero-order valence-electron chi connectivity index (χ0n) is 9.56. The van der Waals surface area contributed by atoms with Crippen LogP contribution in [0.15, 0.2) is 11.6 Å². The van der Waals surface area contributed by atoms with E-state index in [0.717, 1.165) is 4.90 Å². The third-order valence-corrected chi connectivity index (χ3v) is 2.68. The van der Waals surface area contributed by atoms with Crippen molar-refractivity contribution in [3.8, 4) is 0 Å². The van der Waals surface area contributed by atoms with Crippen molar-refractivity contribution in [2.24, 2.45) is 0 Å². The van der Waals surface area contributed by atoms with Gasteiger partial charge in [0.25, 0.3) is 5.91 Å². The van der Waals surface area contributed by atoms with E-state index in [9.17, 15) is 19.5 Å². The summed E-state index contributed by atoms with van der Waals surface area (Å²) in [6.45, 7) is 4.34. The molecular weight excluding hydrogens is 210 g/mol. The van der Waals surface area contributed by atoms with Crippen LogP contribution >= 0.6 is 0 Å². The highest BCUT2D eigenvalue weighted by molar-refractivity contribution is 6.08. The fourth-order valence-corrected chi connectivity index (χ4v) is 1.52. The van der Waals surface area contributed by atoms with Crippen LogP contribution in [0.1, 0.15) is 27.2 Å². The molecular formula is C11H15NO4. The minimum Gasteiger partial charge on any atom is -0.389 e. The molecule has 0 saturated heterocycles. The molecule has 0 aliphatic carbocycles. The largest absolute Gasteiger partial charge is 0.389 e. The number of carbonyl (C=O) groups is 3. The van der Waals surface area contributed by atoms with Crippen molar-refractivity contribution in [1.29, 1.82) is 0 Å². The van der Waals surface area contributed by atoms with Gasteiger partial charge in [0.2, 0.25) is 5.91 Å². The first-order valence-corrected chi connectivity index (χ1v) is 5.09. The number of ketones is 1. The highest BCUT2D eigenvalue weighted by atomic mass is 16.3. The van der Waals surface area contributed by atoms with Crippen molar-refractivity contribution < 1.29 is 19.5 Å². The van der Waals surface area contributed by atoms with Crippen LogP contribution in [0.3, 0.4) is 0 Å². The lowest BCUT2D eigenvalue weighted by Crippen LogP contribution is -2.48. The van der Waals surface area contributed by atoms with E-state index in [4.69, 9.17) is 0 Å². The smallest absolute Gasteiger partial charge is 0.253 e. The first kappa shape index (κ1) is 12.6. The summed E-state index contributed by atoms with van der Waals surface area (Å²) in [5.74, 6) is -1.21. The van der Waals surface area contributed by atoms with E-state index < -0.39 is 24.0 Å². The lowest BCUT2D eigenvalue weighted by Gasteiger charge is -2.29. The monoisotopic (exact) mass is 225 g/mol. The molecule has 0 fully saturated rings. The van der Waals surface area contributed by atoms with Gasteiger partial charge >= 0.3 is 0 Å². The van der Waals surface area contributed by atoms with Crippen molar-refractivity contribution in [3.05, 3.63) is 11.6 Å². The van der Waals surface area contributed by atoms with E-state index in [-0.39, 0.29) is 12.2 Å². The molecule has 0 aromatic heterocycles. The molecule has 1 aliphatic heterocycles. The molecule has 0 radical (unpaired) electrons. The Kier molecular flexibility index (Phi) is 3.59. The van der Waals surface area contributed by atoms with Crippen molar-refractivity contribution in [3.63, 3.8) is 0 Å². The molecule has 1 aliphatic rings. The first-order valence-electron chi connectivity index (χ1n) is 5.09. The number of Topliss-reactive ketones (excluding diaryl/α,β-unsaturated/α-hetero) is 1. The van der Waals surface area contributed by atoms with Gasteiger partial charge in [0.15, 0.2) is 5.78 Å². The maximum Gasteiger partial charge on any atom is 0.253 e. The SMILES string of the molecule is CC(=O)C(C)N1C(=O)C=C(C(C)O)CC1=O. The Balaban J connectivity index is 2.97. The molecule has 0 aromatic carbocycles. The van der Waals surface area contributed by atoms with Crippen LogP contribution in [0.25, 0.3) is 0 Å². The van der Waals surface area contributed by atoms with E-state index in [1.165, 1.54) is 26.8 Å². The van der Waals surface area contributed by atoms with Crippen LogP contribution in [0.4, 0.5) is 0 Å². The number of aliphatic hydroxyl groups excluding tert-OH is 1. The number of aliphatic hydroxyl groups is 1. The van der Waals surface area contributed by atoms with Gasteiger partial charge in [0, 0.05) is 6.08 Å². The number of carbonyl (C=O) groups excluding carboxylic acids is 3. The minimum absolute atomic E-state index is 0.0129. The molecule has 5 nitrogen and oxygen atoms in total. The van der Waals surface area contributed by atoms with Gasteiger partial charge in [-0.1, -0.05) is 0 Å². The van der Waals surface area contributed by atoms with Gasteiger partial charge in [-0.3, -0.25) is 19.3 Å². The van der Waals surface area contributed by atoms with Gasteiger partial charge in [0.1, 0.15) is 0 Å². The van der Waals surface area contributed by atoms with Crippen LogP contribution in [-0.4, -0.2) is 39.7 Å². The fraction of sp³-hybridized carbons (Fsp3) is 0.545. The third kappa shape index (κ3) is 2.36. The Morgan fingerprint density at radius 2 is 2.00 bits per heavy atom. The Bertz CT molecular complexity index is 370. The quantitative estimate of drug-likeness (QED) is 0.688. The molecule has 16 heavy (non-hydrogen) atoms. The topological polar surface area (TPSA) is 74.7 Å². The molecule has 0 spiro atoms. The number of rotatable bonds is 3. The summed E-state index contributed by atoms with van der Waals surface area (Å²) in [6.07, 6.45) is 0.398. The maximum atomic E-state index is 11.7. The van der Waals surface area contributed by atoms with Crippen molar-refractivity contribution in [1.82, 2.24) is 4.90 Å². The highest BCUT2D eigenvalue weighted by Crippen LogP contribution is 2.18. The van der Waals surface area contributed by atoms with E-state index in [1.54, 1.807) is 0 Å². The van der Waals surface area contributed by atoms with E-state index in [2.05, 4.69) is 0 Å². The predicted octanol–water partition coefficient (Wildman–Crippen LogP) is 0.0300. The molecule has 2 unspecified atom stereocenters.